The van der Waals surface area contributed by atoms with Gasteiger partial charge in [-0.2, -0.15) is 0 Å². The minimum absolute atomic E-state index is 0.521. The van der Waals surface area contributed by atoms with Gasteiger partial charge < -0.3 is 0 Å². The maximum absolute atomic E-state index is 2.50. The lowest BCUT2D eigenvalue weighted by atomic mass is 9.69. The van der Waals surface area contributed by atoms with Gasteiger partial charge in [0.05, 0.1) is 0 Å². The van der Waals surface area contributed by atoms with Gasteiger partial charge in [0.1, 0.15) is 0 Å². The van der Waals surface area contributed by atoms with E-state index in [4.69, 9.17) is 0 Å². The van der Waals surface area contributed by atoms with Crippen LogP contribution in [0.15, 0.2) is 0 Å². The van der Waals surface area contributed by atoms with Gasteiger partial charge >= 0.3 is 0 Å². The lowest BCUT2D eigenvalue weighted by Crippen LogP contribution is -2.26. The maximum Gasteiger partial charge on any atom is -0.0383 e. The monoisotopic (exact) mass is 210 g/mol. The van der Waals surface area contributed by atoms with Gasteiger partial charge in [-0.05, 0) is 36.0 Å². The fourth-order valence-electron chi connectivity index (χ4n) is 2.81. The third-order valence-corrected chi connectivity index (χ3v) is 4.43. The molecular formula is C15H30. The van der Waals surface area contributed by atoms with E-state index >= 15 is 0 Å². The Morgan fingerprint density at radius 2 is 1.80 bits per heavy atom. The first-order chi connectivity index (χ1) is 6.94. The van der Waals surface area contributed by atoms with Crippen LogP contribution in [-0.2, 0) is 0 Å². The smallest absolute Gasteiger partial charge is 0.0383 e. The van der Waals surface area contributed by atoms with Crippen molar-refractivity contribution in [3.05, 3.63) is 0 Å². The van der Waals surface area contributed by atoms with E-state index in [1.54, 1.807) is 0 Å². The molecule has 0 amide bonds. The summed E-state index contributed by atoms with van der Waals surface area (Å²) in [4.78, 5) is 0. The van der Waals surface area contributed by atoms with Gasteiger partial charge in [0.25, 0.3) is 0 Å². The molecule has 0 saturated heterocycles. The summed E-state index contributed by atoms with van der Waals surface area (Å²) in [5.41, 5.74) is 0.521. The Morgan fingerprint density at radius 1 is 1.20 bits per heavy atom. The van der Waals surface area contributed by atoms with Crippen LogP contribution in [0.2, 0.25) is 0 Å². The summed E-state index contributed by atoms with van der Waals surface area (Å²) < 4.78 is 0. The molecule has 90 valence electrons. The lowest BCUT2D eigenvalue weighted by Gasteiger charge is -2.37. The Kier molecular flexibility index (Phi) is 4.67. The van der Waals surface area contributed by atoms with Crippen molar-refractivity contribution in [2.45, 2.75) is 73.1 Å². The van der Waals surface area contributed by atoms with Crippen molar-refractivity contribution in [1.82, 2.24) is 0 Å². The van der Waals surface area contributed by atoms with Gasteiger partial charge in [0, 0.05) is 0 Å². The predicted molar refractivity (Wildman–Crippen MR) is 69.0 cm³/mol. The highest BCUT2D eigenvalue weighted by atomic mass is 14.3. The van der Waals surface area contributed by atoms with E-state index in [9.17, 15) is 0 Å². The first-order valence-corrected chi connectivity index (χ1v) is 6.94. The van der Waals surface area contributed by atoms with Crippen molar-refractivity contribution in [3.8, 4) is 0 Å². The summed E-state index contributed by atoms with van der Waals surface area (Å²) >= 11 is 0. The second-order valence-electron chi connectivity index (χ2n) is 6.82. The Morgan fingerprint density at radius 3 is 2.13 bits per heavy atom. The lowest BCUT2D eigenvalue weighted by molar-refractivity contribution is 0.139. The van der Waals surface area contributed by atoms with Crippen molar-refractivity contribution in [3.63, 3.8) is 0 Å². The summed E-state index contributed by atoms with van der Waals surface area (Å²) in [6, 6.07) is 0. The minimum Gasteiger partial charge on any atom is -0.0651 e. The molecule has 0 aliphatic heterocycles. The van der Waals surface area contributed by atoms with Crippen molar-refractivity contribution >= 4 is 0 Å². The largest absolute Gasteiger partial charge is 0.0651 e. The van der Waals surface area contributed by atoms with Crippen molar-refractivity contribution < 1.29 is 0 Å². The molecule has 0 aromatic carbocycles. The number of hydrogen-bond donors (Lipinski definition) is 0. The van der Waals surface area contributed by atoms with Gasteiger partial charge in [-0.3, -0.25) is 0 Å². The molecule has 0 nitrogen and oxygen atoms in total. The SMILES string of the molecule is CCC(CCC(C)(C)C)C(C)C1CCC1. The van der Waals surface area contributed by atoms with Crippen molar-refractivity contribution in [2.75, 3.05) is 0 Å². The molecule has 0 N–H and O–H groups in total. The first kappa shape index (κ1) is 13.1. The molecule has 0 spiro atoms. The zero-order chi connectivity index (χ0) is 11.5. The van der Waals surface area contributed by atoms with Gasteiger partial charge in [-0.15, -0.1) is 0 Å². The highest BCUT2D eigenvalue weighted by Crippen LogP contribution is 2.40. The molecule has 0 heterocycles. The molecule has 2 atom stereocenters. The van der Waals surface area contributed by atoms with Crippen LogP contribution in [-0.4, -0.2) is 0 Å². The number of hydrogen-bond acceptors (Lipinski definition) is 0. The van der Waals surface area contributed by atoms with E-state index in [1.807, 2.05) is 0 Å². The molecule has 0 radical (unpaired) electrons. The van der Waals surface area contributed by atoms with Crippen LogP contribution in [0, 0.1) is 23.2 Å². The summed E-state index contributed by atoms with van der Waals surface area (Å²) in [6.07, 6.45) is 8.72. The molecule has 0 aromatic rings. The molecule has 1 rings (SSSR count). The standard InChI is InChI=1S/C15H30/c1-6-13(10-11-15(3,4)5)12(2)14-8-7-9-14/h12-14H,6-11H2,1-5H3. The average molecular weight is 210 g/mol. The second kappa shape index (κ2) is 5.37. The molecule has 15 heavy (non-hydrogen) atoms. The van der Waals surface area contributed by atoms with Crippen LogP contribution in [0.1, 0.15) is 73.1 Å². The maximum atomic E-state index is 2.50. The molecule has 0 bridgehead atoms. The van der Waals surface area contributed by atoms with E-state index in [2.05, 4.69) is 34.6 Å². The topological polar surface area (TPSA) is 0 Å². The molecule has 0 aromatic heterocycles. The molecule has 1 aliphatic carbocycles. The Hall–Kier alpha value is 0. The molecule has 1 aliphatic rings. The molecule has 1 saturated carbocycles. The van der Waals surface area contributed by atoms with Crippen LogP contribution in [0.25, 0.3) is 0 Å². The van der Waals surface area contributed by atoms with Gasteiger partial charge in [0.15, 0.2) is 0 Å². The third-order valence-electron chi connectivity index (χ3n) is 4.43. The van der Waals surface area contributed by atoms with Crippen LogP contribution < -0.4 is 0 Å². The third kappa shape index (κ3) is 4.17. The Balaban J connectivity index is 2.33. The quantitative estimate of drug-likeness (QED) is 0.579. The molecule has 1 fully saturated rings. The normalized spacial score (nSPS) is 22.2. The van der Waals surface area contributed by atoms with Crippen molar-refractivity contribution in [2.24, 2.45) is 23.2 Å². The van der Waals surface area contributed by atoms with E-state index in [0.717, 1.165) is 17.8 Å². The van der Waals surface area contributed by atoms with E-state index in [-0.39, 0.29) is 0 Å². The molecule has 2 unspecified atom stereocenters. The minimum atomic E-state index is 0.521. The zero-order valence-corrected chi connectivity index (χ0v) is 11.5. The average Bonchev–Trinajstić information content (AvgIpc) is 1.99. The Labute approximate surface area is 96.8 Å². The Bertz CT molecular complexity index is 171. The highest BCUT2D eigenvalue weighted by Gasteiger charge is 2.29. The van der Waals surface area contributed by atoms with Crippen molar-refractivity contribution in [1.29, 1.82) is 0 Å². The van der Waals surface area contributed by atoms with Gasteiger partial charge in [-0.25, -0.2) is 0 Å². The van der Waals surface area contributed by atoms with E-state index in [1.165, 1.54) is 38.5 Å². The first-order valence-electron chi connectivity index (χ1n) is 6.94. The fraction of sp³-hybridized carbons (Fsp3) is 1.00. The van der Waals surface area contributed by atoms with Crippen LogP contribution >= 0.6 is 0 Å². The summed E-state index contributed by atoms with van der Waals surface area (Å²) in [7, 11) is 0. The van der Waals surface area contributed by atoms with E-state index in [0.29, 0.717) is 5.41 Å². The summed E-state index contributed by atoms with van der Waals surface area (Å²) in [6.45, 7) is 12.0. The predicted octanol–water partition coefficient (Wildman–Crippen LogP) is 5.28. The van der Waals surface area contributed by atoms with Crippen LogP contribution in [0.4, 0.5) is 0 Å². The van der Waals surface area contributed by atoms with Gasteiger partial charge in [0.2, 0.25) is 0 Å². The molecular weight excluding hydrogens is 180 g/mol. The summed E-state index contributed by atoms with van der Waals surface area (Å²) in [5, 5.41) is 0. The second-order valence-corrected chi connectivity index (χ2v) is 6.82. The van der Waals surface area contributed by atoms with Gasteiger partial charge in [-0.1, -0.05) is 60.3 Å². The molecule has 0 heteroatoms. The zero-order valence-electron chi connectivity index (χ0n) is 11.5. The fourth-order valence-corrected chi connectivity index (χ4v) is 2.81. The number of rotatable bonds is 5. The highest BCUT2D eigenvalue weighted by molar-refractivity contribution is 4.80. The summed E-state index contributed by atoms with van der Waals surface area (Å²) in [5.74, 6) is 3.02. The van der Waals surface area contributed by atoms with E-state index < -0.39 is 0 Å². The van der Waals surface area contributed by atoms with Crippen LogP contribution in [0.5, 0.6) is 0 Å². The van der Waals surface area contributed by atoms with Crippen LogP contribution in [0.3, 0.4) is 0 Å².